The van der Waals surface area contributed by atoms with Crippen LogP contribution in [0.1, 0.15) is 25.7 Å². The number of halogens is 4. The van der Waals surface area contributed by atoms with E-state index in [1.165, 1.54) is 6.07 Å². The molecule has 1 heterocycles. The van der Waals surface area contributed by atoms with Crippen LogP contribution in [0.15, 0.2) is 46.9 Å². The molecule has 3 aromatic rings. The second-order valence-electron chi connectivity index (χ2n) is 8.31. The van der Waals surface area contributed by atoms with Crippen molar-refractivity contribution in [3.63, 3.8) is 0 Å². The lowest BCUT2D eigenvalue weighted by atomic mass is 9.91. The fourth-order valence-corrected chi connectivity index (χ4v) is 4.41. The quantitative estimate of drug-likeness (QED) is 0.401. The van der Waals surface area contributed by atoms with E-state index in [1.54, 1.807) is 12.1 Å². The van der Waals surface area contributed by atoms with Crippen LogP contribution < -0.4 is 20.3 Å². The fraction of sp³-hybridized carbons (Fsp3) is 0.391. The third kappa shape index (κ3) is 5.98. The summed E-state index contributed by atoms with van der Waals surface area (Å²) in [5.74, 6) is 1.20. The first-order valence-electron chi connectivity index (χ1n) is 10.7. The third-order valence-corrected chi connectivity index (χ3v) is 6.09. The Labute approximate surface area is 198 Å². The summed E-state index contributed by atoms with van der Waals surface area (Å²) >= 11 is 3.20. The Balaban J connectivity index is 1.40. The van der Waals surface area contributed by atoms with E-state index >= 15 is 0 Å². The van der Waals surface area contributed by atoms with Gasteiger partial charge in [-0.05, 0) is 56.0 Å². The maximum Gasteiger partial charge on any atom is 0.573 e. The van der Waals surface area contributed by atoms with Gasteiger partial charge in [0.1, 0.15) is 5.82 Å². The van der Waals surface area contributed by atoms with E-state index in [-0.39, 0.29) is 17.8 Å². The smallest absolute Gasteiger partial charge is 0.404 e. The second kappa shape index (κ2) is 9.62. The maximum absolute atomic E-state index is 12.8. The molecular formula is C23H25BrF3N5O. The van der Waals surface area contributed by atoms with Gasteiger partial charge >= 0.3 is 6.36 Å². The predicted molar refractivity (Wildman–Crippen MR) is 128 cm³/mol. The van der Waals surface area contributed by atoms with Gasteiger partial charge < -0.3 is 20.3 Å². The minimum atomic E-state index is -4.75. The Morgan fingerprint density at radius 1 is 0.970 bits per heavy atom. The summed E-state index contributed by atoms with van der Waals surface area (Å²) in [4.78, 5) is 11.3. The van der Waals surface area contributed by atoms with E-state index in [0.717, 1.165) is 42.4 Å². The first-order chi connectivity index (χ1) is 15.7. The molecule has 0 bridgehead atoms. The molecule has 10 heteroatoms. The van der Waals surface area contributed by atoms with Crippen LogP contribution in [0.2, 0.25) is 0 Å². The van der Waals surface area contributed by atoms with Gasteiger partial charge in [-0.15, -0.1) is 13.2 Å². The van der Waals surface area contributed by atoms with Crippen LogP contribution in [0.3, 0.4) is 0 Å². The topological polar surface area (TPSA) is 62.3 Å². The summed E-state index contributed by atoms with van der Waals surface area (Å²) in [6, 6.07) is 12.7. The van der Waals surface area contributed by atoms with Crippen LogP contribution in [0, 0.1) is 0 Å². The molecule has 176 valence electrons. The highest BCUT2D eigenvalue weighted by Gasteiger charge is 2.33. The van der Waals surface area contributed by atoms with Crippen molar-refractivity contribution in [3.8, 4) is 5.75 Å². The van der Waals surface area contributed by atoms with Crippen LogP contribution >= 0.6 is 15.9 Å². The first-order valence-corrected chi connectivity index (χ1v) is 11.5. The summed E-state index contributed by atoms with van der Waals surface area (Å²) in [5, 5.41) is 7.66. The number of hydrogen-bond acceptors (Lipinski definition) is 6. The number of benzene rings is 2. The highest BCUT2D eigenvalue weighted by molar-refractivity contribution is 9.10. The molecular weight excluding hydrogens is 499 g/mol. The lowest BCUT2D eigenvalue weighted by Gasteiger charge is -2.31. The summed E-state index contributed by atoms with van der Waals surface area (Å²) in [6.45, 7) is 0. The highest BCUT2D eigenvalue weighted by Crippen LogP contribution is 2.35. The molecule has 4 rings (SSSR count). The van der Waals surface area contributed by atoms with Crippen LogP contribution in [0.5, 0.6) is 5.75 Å². The molecule has 0 aliphatic heterocycles. The summed E-state index contributed by atoms with van der Waals surface area (Å²) in [6.07, 6.45) is -1.46. The minimum Gasteiger partial charge on any atom is -0.404 e. The number of ether oxygens (including phenoxy) is 1. The molecule has 0 radical (unpaired) electrons. The zero-order chi connectivity index (χ0) is 23.6. The Hall–Kier alpha value is -2.75. The Morgan fingerprint density at radius 2 is 1.64 bits per heavy atom. The Kier molecular flexibility index (Phi) is 6.83. The summed E-state index contributed by atoms with van der Waals surface area (Å²) < 4.78 is 43.0. The molecule has 6 nitrogen and oxygen atoms in total. The summed E-state index contributed by atoms with van der Waals surface area (Å²) in [5.41, 5.74) is 1.21. The average Bonchev–Trinajstić information content (AvgIpc) is 2.75. The van der Waals surface area contributed by atoms with Crippen LogP contribution in [-0.2, 0) is 0 Å². The van der Waals surface area contributed by atoms with Crippen LogP contribution in [-0.4, -0.2) is 42.5 Å². The monoisotopic (exact) mass is 523 g/mol. The normalized spacial score (nSPS) is 18.7. The SMILES string of the molecule is CN(C)c1nc(N[C@H]2CC[C@@H](Nc3ccc(Br)cc3OC(F)(F)F)CC2)nc2ccccc12. The number of hydrogen-bond donors (Lipinski definition) is 2. The van der Waals surface area contributed by atoms with E-state index in [1.807, 2.05) is 43.3 Å². The number of anilines is 3. The van der Waals surface area contributed by atoms with E-state index in [9.17, 15) is 13.2 Å². The lowest BCUT2D eigenvalue weighted by Crippen LogP contribution is -2.33. The highest BCUT2D eigenvalue weighted by atomic mass is 79.9. The Morgan fingerprint density at radius 3 is 2.30 bits per heavy atom. The molecule has 1 saturated carbocycles. The van der Waals surface area contributed by atoms with Crippen molar-refractivity contribution in [2.24, 2.45) is 0 Å². The zero-order valence-corrected chi connectivity index (χ0v) is 19.9. The molecule has 0 spiro atoms. The van der Waals surface area contributed by atoms with Gasteiger partial charge in [0.05, 0.1) is 11.2 Å². The van der Waals surface area contributed by atoms with Gasteiger partial charge in [0, 0.05) is 36.0 Å². The largest absolute Gasteiger partial charge is 0.573 e. The summed E-state index contributed by atoms with van der Waals surface area (Å²) in [7, 11) is 3.91. The van der Waals surface area contributed by atoms with E-state index < -0.39 is 6.36 Å². The van der Waals surface area contributed by atoms with Gasteiger partial charge in [0.2, 0.25) is 5.95 Å². The average molecular weight is 524 g/mol. The van der Waals surface area contributed by atoms with Crippen molar-refractivity contribution in [2.75, 3.05) is 29.6 Å². The molecule has 1 fully saturated rings. The van der Waals surface area contributed by atoms with Gasteiger partial charge in [0.15, 0.2) is 5.75 Å². The number of alkyl halides is 3. The predicted octanol–water partition coefficient (Wildman–Crippen LogP) is 6.19. The molecule has 0 amide bonds. The number of para-hydroxylation sites is 1. The number of aromatic nitrogens is 2. The van der Waals surface area contributed by atoms with Crippen molar-refractivity contribution in [1.29, 1.82) is 0 Å². The Bertz CT molecular complexity index is 1120. The van der Waals surface area contributed by atoms with Crippen LogP contribution in [0.25, 0.3) is 10.9 Å². The fourth-order valence-electron chi connectivity index (χ4n) is 4.07. The second-order valence-corrected chi connectivity index (χ2v) is 9.22. The minimum absolute atomic E-state index is 0.0506. The molecule has 0 atom stereocenters. The molecule has 1 aromatic heterocycles. The number of nitrogens with zero attached hydrogens (tertiary/aromatic N) is 3. The number of fused-ring (bicyclic) bond motifs is 1. The molecule has 0 unspecified atom stereocenters. The van der Waals surface area contributed by atoms with Gasteiger partial charge in [-0.2, -0.15) is 4.98 Å². The number of rotatable bonds is 6. The molecule has 33 heavy (non-hydrogen) atoms. The zero-order valence-electron chi connectivity index (χ0n) is 18.3. The molecule has 2 aromatic carbocycles. The lowest BCUT2D eigenvalue weighted by molar-refractivity contribution is -0.274. The van der Waals surface area contributed by atoms with Crippen molar-refractivity contribution in [3.05, 3.63) is 46.9 Å². The third-order valence-electron chi connectivity index (χ3n) is 5.60. The van der Waals surface area contributed by atoms with E-state index in [4.69, 9.17) is 4.98 Å². The van der Waals surface area contributed by atoms with Gasteiger partial charge in [-0.25, -0.2) is 4.98 Å². The van der Waals surface area contributed by atoms with Gasteiger partial charge in [-0.3, -0.25) is 0 Å². The van der Waals surface area contributed by atoms with Gasteiger partial charge in [-0.1, -0.05) is 28.1 Å². The van der Waals surface area contributed by atoms with Crippen LogP contribution in [0.4, 0.5) is 30.6 Å². The first kappa shape index (κ1) is 23.4. The van der Waals surface area contributed by atoms with Crippen molar-refractivity contribution < 1.29 is 17.9 Å². The van der Waals surface area contributed by atoms with Crippen molar-refractivity contribution in [2.45, 2.75) is 44.1 Å². The molecule has 1 aliphatic rings. The van der Waals surface area contributed by atoms with Gasteiger partial charge in [0.25, 0.3) is 0 Å². The maximum atomic E-state index is 12.8. The van der Waals surface area contributed by atoms with E-state index in [2.05, 4.69) is 36.3 Å². The molecule has 1 aliphatic carbocycles. The molecule has 0 saturated heterocycles. The van der Waals surface area contributed by atoms with E-state index in [0.29, 0.717) is 16.1 Å². The standard InChI is InChI=1S/C23H25BrF3N5O/c1-32(2)21-17-5-3-4-6-18(17)30-22(31-21)29-16-10-8-15(9-11-16)28-19-12-7-14(24)13-20(19)33-23(25,26)27/h3-7,12-13,15-16,28H,8-11H2,1-2H3,(H,29,30,31)/t15-,16+. The number of nitrogens with one attached hydrogen (secondary N) is 2. The molecule has 2 N–H and O–H groups in total. The van der Waals surface area contributed by atoms with Crippen molar-refractivity contribution in [1.82, 2.24) is 9.97 Å². The van der Waals surface area contributed by atoms with Crippen molar-refractivity contribution >= 4 is 44.3 Å².